The van der Waals surface area contributed by atoms with Crippen molar-refractivity contribution in [3.05, 3.63) is 76.1 Å². The van der Waals surface area contributed by atoms with Gasteiger partial charge < -0.3 is 10.5 Å². The number of fused-ring (bicyclic) bond motifs is 4. The Morgan fingerprint density at radius 3 is 2.70 bits per heavy atom. The Bertz CT molecular complexity index is 1580. The maximum atomic E-state index is 15.4. The predicted octanol–water partition coefficient (Wildman–Crippen LogP) is 4.47. The number of hydrogen-bond acceptors (Lipinski definition) is 6. The molecule has 37 heavy (non-hydrogen) atoms. The molecular formula is C25H20F4N6O2. The van der Waals surface area contributed by atoms with Gasteiger partial charge in [-0.15, -0.1) is 0 Å². The fourth-order valence-corrected chi connectivity index (χ4v) is 5.13. The van der Waals surface area contributed by atoms with E-state index in [0.29, 0.717) is 34.1 Å². The Morgan fingerprint density at radius 1 is 1.19 bits per heavy atom. The zero-order valence-electron chi connectivity index (χ0n) is 19.5. The minimum Gasteiger partial charge on any atom is -0.383 e. The van der Waals surface area contributed by atoms with E-state index in [1.165, 1.54) is 34.0 Å². The molecule has 4 heterocycles. The van der Waals surface area contributed by atoms with Crippen LogP contribution in [0.2, 0.25) is 0 Å². The van der Waals surface area contributed by atoms with E-state index in [4.69, 9.17) is 10.5 Å². The number of nitrogen functional groups attached to an aromatic ring is 1. The first kappa shape index (κ1) is 23.3. The van der Waals surface area contributed by atoms with Gasteiger partial charge in [0.1, 0.15) is 17.3 Å². The van der Waals surface area contributed by atoms with Crippen molar-refractivity contribution in [2.75, 3.05) is 10.6 Å². The number of rotatable bonds is 3. The minimum absolute atomic E-state index is 0.203. The number of aromatic nitrogens is 4. The first-order chi connectivity index (χ1) is 17.6. The number of ether oxygens (including phenoxy) is 1. The average Bonchev–Trinajstić information content (AvgIpc) is 3.59. The molecule has 3 aromatic heterocycles. The van der Waals surface area contributed by atoms with Gasteiger partial charge in [0.25, 0.3) is 5.91 Å². The number of hydrogen-bond donors (Lipinski definition) is 1. The summed E-state index contributed by atoms with van der Waals surface area (Å²) in [6.45, 7) is 0.533. The highest BCUT2D eigenvalue weighted by molar-refractivity contribution is 6.09. The van der Waals surface area contributed by atoms with Crippen LogP contribution in [0.4, 0.5) is 29.1 Å². The number of carbonyl (C=O) groups excluding carboxylic acids is 1. The number of aryl methyl sites for hydroxylation is 2. The van der Waals surface area contributed by atoms with Crippen LogP contribution in [0.3, 0.4) is 0 Å². The summed E-state index contributed by atoms with van der Waals surface area (Å²) in [5.41, 5.74) is 7.69. The highest BCUT2D eigenvalue weighted by Gasteiger charge is 2.38. The predicted molar refractivity (Wildman–Crippen MR) is 125 cm³/mol. The number of nitrogens with zero attached hydrogens (tertiary/aromatic N) is 5. The number of anilines is 2. The Morgan fingerprint density at radius 2 is 1.97 bits per heavy atom. The van der Waals surface area contributed by atoms with Crippen molar-refractivity contribution in [1.29, 1.82) is 0 Å². The summed E-state index contributed by atoms with van der Waals surface area (Å²) in [7, 11) is 1.67. The van der Waals surface area contributed by atoms with Crippen molar-refractivity contribution < 1.29 is 27.1 Å². The van der Waals surface area contributed by atoms with Crippen molar-refractivity contribution in [3.63, 3.8) is 0 Å². The third-order valence-corrected chi connectivity index (χ3v) is 6.86. The van der Waals surface area contributed by atoms with E-state index in [2.05, 4.69) is 15.1 Å². The van der Waals surface area contributed by atoms with Crippen LogP contribution in [-0.2, 0) is 37.6 Å². The van der Waals surface area contributed by atoms with Gasteiger partial charge in [0, 0.05) is 36.0 Å². The van der Waals surface area contributed by atoms with Crippen molar-refractivity contribution in [1.82, 2.24) is 19.7 Å². The van der Waals surface area contributed by atoms with E-state index in [0.717, 1.165) is 11.6 Å². The molecule has 0 fully saturated rings. The van der Waals surface area contributed by atoms with E-state index in [1.807, 2.05) is 0 Å². The van der Waals surface area contributed by atoms with Crippen LogP contribution in [0, 0.1) is 5.82 Å². The maximum Gasteiger partial charge on any atom is 0.433 e. The maximum absolute atomic E-state index is 15.4. The number of benzene rings is 1. The van der Waals surface area contributed by atoms with E-state index in [-0.39, 0.29) is 36.7 Å². The Hall–Kier alpha value is -4.06. The fourth-order valence-electron chi connectivity index (χ4n) is 5.13. The van der Waals surface area contributed by atoms with Gasteiger partial charge >= 0.3 is 6.18 Å². The van der Waals surface area contributed by atoms with E-state index < -0.39 is 29.6 Å². The summed E-state index contributed by atoms with van der Waals surface area (Å²) in [5, 5.41) is 4.70. The summed E-state index contributed by atoms with van der Waals surface area (Å²) in [6, 6.07) is 4.19. The standard InChI is InChI=1S/C25H20F4N6O2/c1-34-9-12(8-31-34)35(21-4-3-19-13(21)2-5-22(32-19)25(27,28)29)24(36)15-6-14-16-10-37-11-17(16)23(30)33-20(14)7-18(15)26/h2,5-9,21H,3-4,10-11H2,1H3,(H2,30,33). The van der Waals surface area contributed by atoms with Crippen LogP contribution in [0.1, 0.15) is 50.9 Å². The first-order valence-electron chi connectivity index (χ1n) is 11.5. The second-order valence-electron chi connectivity index (χ2n) is 9.13. The van der Waals surface area contributed by atoms with Gasteiger partial charge in [-0.3, -0.25) is 14.4 Å². The molecule has 0 saturated carbocycles. The second-order valence-corrected chi connectivity index (χ2v) is 9.13. The van der Waals surface area contributed by atoms with Crippen molar-refractivity contribution in [2.24, 2.45) is 7.05 Å². The number of halogens is 4. The van der Waals surface area contributed by atoms with E-state index >= 15 is 4.39 Å². The van der Waals surface area contributed by atoms with Gasteiger partial charge in [-0.1, -0.05) is 6.07 Å². The monoisotopic (exact) mass is 512 g/mol. The Kier molecular flexibility index (Phi) is 5.19. The number of pyridine rings is 2. The number of carbonyl (C=O) groups is 1. The summed E-state index contributed by atoms with van der Waals surface area (Å²) in [4.78, 5) is 23.4. The molecule has 1 aliphatic heterocycles. The molecule has 1 unspecified atom stereocenters. The lowest BCUT2D eigenvalue weighted by Crippen LogP contribution is -2.34. The van der Waals surface area contributed by atoms with E-state index in [1.54, 1.807) is 13.2 Å². The number of amides is 1. The topological polar surface area (TPSA) is 99.2 Å². The lowest BCUT2D eigenvalue weighted by Gasteiger charge is -2.29. The lowest BCUT2D eigenvalue weighted by atomic mass is 10.0. The van der Waals surface area contributed by atoms with Crippen molar-refractivity contribution >= 4 is 28.3 Å². The summed E-state index contributed by atoms with van der Waals surface area (Å²) in [5.74, 6) is -1.20. The molecule has 1 aliphatic carbocycles. The molecule has 0 spiro atoms. The van der Waals surface area contributed by atoms with Crippen molar-refractivity contribution in [3.8, 4) is 0 Å². The molecule has 1 amide bonds. The van der Waals surface area contributed by atoms with Gasteiger partial charge in [0.2, 0.25) is 0 Å². The molecule has 0 saturated heterocycles. The fraction of sp³-hybridized carbons (Fsp3) is 0.280. The first-order valence-corrected chi connectivity index (χ1v) is 11.5. The van der Waals surface area contributed by atoms with Crippen LogP contribution in [-0.4, -0.2) is 25.7 Å². The van der Waals surface area contributed by atoms with Crippen LogP contribution >= 0.6 is 0 Å². The smallest absolute Gasteiger partial charge is 0.383 e. The zero-order chi connectivity index (χ0) is 26.1. The molecule has 2 aliphatic rings. The number of nitrogens with two attached hydrogens (primary N) is 1. The third-order valence-electron chi connectivity index (χ3n) is 6.86. The summed E-state index contributed by atoms with van der Waals surface area (Å²) in [6.07, 6.45) is -0.967. The van der Waals surface area contributed by atoms with Crippen LogP contribution in [0.25, 0.3) is 10.9 Å². The van der Waals surface area contributed by atoms with Gasteiger partial charge in [-0.25, -0.2) is 14.4 Å². The summed E-state index contributed by atoms with van der Waals surface area (Å²) >= 11 is 0. The molecule has 2 N–H and O–H groups in total. The van der Waals surface area contributed by atoms with Crippen molar-refractivity contribution in [2.45, 2.75) is 38.3 Å². The molecule has 0 bridgehead atoms. The van der Waals surface area contributed by atoms with Gasteiger partial charge in [-0.05, 0) is 36.1 Å². The molecule has 1 aromatic carbocycles. The van der Waals surface area contributed by atoms with Crippen LogP contribution in [0.5, 0.6) is 0 Å². The quantitative estimate of drug-likeness (QED) is 0.407. The molecule has 6 rings (SSSR count). The average molecular weight is 512 g/mol. The molecule has 190 valence electrons. The number of alkyl halides is 3. The van der Waals surface area contributed by atoms with Gasteiger partial charge in [-0.2, -0.15) is 18.3 Å². The molecule has 4 aromatic rings. The van der Waals surface area contributed by atoms with Gasteiger partial charge in [0.15, 0.2) is 0 Å². The largest absolute Gasteiger partial charge is 0.433 e. The highest BCUT2D eigenvalue weighted by Crippen LogP contribution is 2.41. The SMILES string of the molecule is Cn1cc(N(C(=O)c2cc3c4c(c(N)nc3cc2F)COC4)C2CCc3nc(C(F)(F)F)ccc32)cn1. The second kappa shape index (κ2) is 8.23. The molecule has 8 nitrogen and oxygen atoms in total. The highest BCUT2D eigenvalue weighted by atomic mass is 19.4. The third kappa shape index (κ3) is 3.79. The Balaban J connectivity index is 1.47. The van der Waals surface area contributed by atoms with E-state index in [9.17, 15) is 18.0 Å². The minimum atomic E-state index is -4.58. The van der Waals surface area contributed by atoms with Crippen LogP contribution in [0.15, 0.2) is 36.7 Å². The molecular weight excluding hydrogens is 492 g/mol. The zero-order valence-corrected chi connectivity index (χ0v) is 19.5. The Labute approximate surface area is 207 Å². The molecule has 12 heteroatoms. The normalized spacial score (nSPS) is 16.7. The molecule has 0 radical (unpaired) electrons. The van der Waals surface area contributed by atoms with Gasteiger partial charge in [0.05, 0.1) is 42.2 Å². The summed E-state index contributed by atoms with van der Waals surface area (Å²) < 4.78 is 62.0. The van der Waals surface area contributed by atoms with Crippen LogP contribution < -0.4 is 10.6 Å². The molecule has 1 atom stereocenters. The lowest BCUT2D eigenvalue weighted by molar-refractivity contribution is -0.141.